The molecule has 0 bridgehead atoms. The highest BCUT2D eigenvalue weighted by atomic mass is 32.2. The van der Waals surface area contributed by atoms with Crippen molar-refractivity contribution in [2.24, 2.45) is 0 Å². The highest BCUT2D eigenvalue weighted by Crippen LogP contribution is 2.24. The third kappa shape index (κ3) is 4.51. The van der Waals surface area contributed by atoms with Crippen LogP contribution in [0.1, 0.15) is 26.3 Å². The Bertz CT molecular complexity index is 1500. The van der Waals surface area contributed by atoms with Gasteiger partial charge in [-0.25, -0.2) is 27.0 Å². The number of carboxylic acids is 1. The molecule has 0 saturated carbocycles. The number of hydrogen-bond acceptors (Lipinski definition) is 5. The number of sulfonamides is 1. The zero-order valence-electron chi connectivity index (χ0n) is 17.8. The Kier molecular flexibility index (Phi) is 6.14. The fourth-order valence-corrected chi connectivity index (χ4v) is 4.14. The molecule has 0 fully saturated rings. The van der Waals surface area contributed by atoms with Crippen molar-refractivity contribution < 1.29 is 27.5 Å². The predicted molar refractivity (Wildman–Crippen MR) is 122 cm³/mol. The number of benzene rings is 3. The van der Waals surface area contributed by atoms with Crippen molar-refractivity contribution in [3.05, 3.63) is 89.4 Å². The molecule has 3 aromatic carbocycles. The lowest BCUT2D eigenvalue weighted by Gasteiger charge is -2.10. The molecule has 4 rings (SSSR count). The molecule has 34 heavy (non-hydrogen) atoms. The van der Waals surface area contributed by atoms with Crippen molar-refractivity contribution in [2.75, 3.05) is 7.05 Å². The number of halogens is 1. The molecule has 0 aliphatic heterocycles. The first-order valence-electron chi connectivity index (χ1n) is 10.0. The van der Waals surface area contributed by atoms with E-state index in [2.05, 4.69) is 15.1 Å². The number of fused-ring (bicyclic) bond motifs is 1. The second-order valence-corrected chi connectivity index (χ2v) is 9.22. The molecule has 0 unspecified atom stereocenters. The van der Waals surface area contributed by atoms with Crippen LogP contribution in [0.2, 0.25) is 0 Å². The van der Waals surface area contributed by atoms with Gasteiger partial charge in [0.15, 0.2) is 0 Å². The Labute approximate surface area is 193 Å². The van der Waals surface area contributed by atoms with Gasteiger partial charge in [-0.05, 0) is 61.1 Å². The quantitative estimate of drug-likeness (QED) is 0.371. The molecule has 1 aromatic heterocycles. The van der Waals surface area contributed by atoms with Gasteiger partial charge in [0, 0.05) is 11.9 Å². The molecule has 174 valence electrons. The average molecular weight is 482 g/mol. The summed E-state index contributed by atoms with van der Waals surface area (Å²) in [7, 11) is -2.26. The van der Waals surface area contributed by atoms with Gasteiger partial charge in [0.2, 0.25) is 10.0 Å². The predicted octanol–water partition coefficient (Wildman–Crippen LogP) is 2.70. The van der Waals surface area contributed by atoms with E-state index in [-0.39, 0.29) is 22.6 Å². The number of nitrogens with one attached hydrogen (secondary N) is 2. The molecule has 0 radical (unpaired) electrons. The van der Waals surface area contributed by atoms with E-state index < -0.39 is 27.7 Å². The van der Waals surface area contributed by atoms with Crippen LogP contribution >= 0.6 is 0 Å². The molecule has 0 saturated heterocycles. The van der Waals surface area contributed by atoms with Gasteiger partial charge < -0.3 is 10.4 Å². The minimum absolute atomic E-state index is 0.0869. The van der Waals surface area contributed by atoms with Gasteiger partial charge in [0.25, 0.3) is 5.91 Å². The van der Waals surface area contributed by atoms with E-state index in [4.69, 9.17) is 0 Å². The summed E-state index contributed by atoms with van der Waals surface area (Å²) in [6, 6.07) is 14.1. The largest absolute Gasteiger partial charge is 0.478 e. The number of carboxylic acid groups (broad SMARTS) is 1. The summed E-state index contributed by atoms with van der Waals surface area (Å²) in [4.78, 5) is 24.8. The summed E-state index contributed by atoms with van der Waals surface area (Å²) in [6.45, 7) is 0.0869. The molecule has 0 atom stereocenters. The average Bonchev–Trinajstić information content (AvgIpc) is 3.26. The Morgan fingerprint density at radius 3 is 2.35 bits per heavy atom. The molecule has 0 spiro atoms. The molecular formula is C23H19FN4O5S. The van der Waals surface area contributed by atoms with Gasteiger partial charge in [0.05, 0.1) is 33.4 Å². The summed E-state index contributed by atoms with van der Waals surface area (Å²) < 4.78 is 40.6. The number of aromatic nitrogens is 2. The minimum atomic E-state index is -3.57. The van der Waals surface area contributed by atoms with Crippen LogP contribution in [0.15, 0.2) is 71.8 Å². The van der Waals surface area contributed by atoms with E-state index in [9.17, 15) is 27.5 Å². The lowest BCUT2D eigenvalue weighted by atomic mass is 10.0. The topological polar surface area (TPSA) is 130 Å². The summed E-state index contributed by atoms with van der Waals surface area (Å²) in [5.41, 5.74) is 1.53. The molecule has 1 amide bonds. The van der Waals surface area contributed by atoms with Crippen LogP contribution in [0.25, 0.3) is 16.6 Å². The molecule has 3 N–H and O–H groups in total. The Morgan fingerprint density at radius 2 is 1.74 bits per heavy atom. The van der Waals surface area contributed by atoms with Crippen LogP contribution in [-0.4, -0.2) is 42.2 Å². The third-order valence-electron chi connectivity index (χ3n) is 5.21. The number of hydrogen-bond donors (Lipinski definition) is 3. The number of nitrogens with zero attached hydrogens (tertiary/aromatic N) is 2. The van der Waals surface area contributed by atoms with E-state index in [0.29, 0.717) is 22.2 Å². The van der Waals surface area contributed by atoms with Crippen LogP contribution in [0.5, 0.6) is 0 Å². The minimum Gasteiger partial charge on any atom is -0.478 e. The highest BCUT2D eigenvalue weighted by Gasteiger charge is 2.19. The molecule has 0 aliphatic carbocycles. The maximum atomic E-state index is 13.3. The Hall–Kier alpha value is -4.09. The van der Waals surface area contributed by atoms with Gasteiger partial charge in [-0.1, -0.05) is 12.1 Å². The van der Waals surface area contributed by atoms with Crippen LogP contribution in [0, 0.1) is 5.82 Å². The third-order valence-corrected chi connectivity index (χ3v) is 6.64. The normalized spacial score (nSPS) is 11.5. The molecule has 4 aromatic rings. The second-order valence-electron chi connectivity index (χ2n) is 7.33. The van der Waals surface area contributed by atoms with E-state index in [1.54, 1.807) is 12.1 Å². The van der Waals surface area contributed by atoms with Crippen molar-refractivity contribution >= 4 is 32.8 Å². The van der Waals surface area contributed by atoms with Crippen LogP contribution in [0.3, 0.4) is 0 Å². The van der Waals surface area contributed by atoms with Gasteiger partial charge in [-0.15, -0.1) is 0 Å². The van der Waals surface area contributed by atoms with Crippen molar-refractivity contribution in [3.63, 3.8) is 0 Å². The number of rotatable bonds is 7. The maximum absolute atomic E-state index is 13.3. The Balaban J connectivity index is 1.64. The molecule has 0 aliphatic rings. The van der Waals surface area contributed by atoms with E-state index in [1.807, 2.05) is 0 Å². The van der Waals surface area contributed by atoms with Crippen molar-refractivity contribution in [2.45, 2.75) is 11.4 Å². The van der Waals surface area contributed by atoms with Gasteiger partial charge in [-0.2, -0.15) is 5.10 Å². The smallest absolute Gasteiger partial charge is 0.335 e. The first kappa shape index (κ1) is 23.1. The van der Waals surface area contributed by atoms with E-state index in [0.717, 1.165) is 0 Å². The Morgan fingerprint density at radius 1 is 1.06 bits per heavy atom. The zero-order valence-corrected chi connectivity index (χ0v) is 18.6. The summed E-state index contributed by atoms with van der Waals surface area (Å²) in [6.07, 6.45) is 1.44. The lowest BCUT2D eigenvalue weighted by molar-refractivity contribution is 0.0697. The summed E-state index contributed by atoms with van der Waals surface area (Å²) >= 11 is 0. The van der Waals surface area contributed by atoms with Crippen molar-refractivity contribution in [3.8, 4) is 5.69 Å². The SMILES string of the molecule is CNS(=O)(=O)c1ccc(CNC(=O)c2cc(C(=O)O)cc3c2cnn3-c2ccc(F)cc2)cc1. The molecule has 9 nitrogen and oxygen atoms in total. The molecule has 11 heteroatoms. The van der Waals surface area contributed by atoms with Gasteiger partial charge >= 0.3 is 5.97 Å². The van der Waals surface area contributed by atoms with Crippen LogP contribution in [0.4, 0.5) is 4.39 Å². The summed E-state index contributed by atoms with van der Waals surface area (Å²) in [5, 5.41) is 16.9. The zero-order chi connectivity index (χ0) is 24.5. The highest BCUT2D eigenvalue weighted by molar-refractivity contribution is 7.89. The first-order chi connectivity index (χ1) is 16.2. The standard InChI is InChI=1S/C23H19FN4O5S/c1-25-34(32,33)18-8-2-14(3-9-18)12-26-22(29)19-10-15(23(30)31)11-21-20(19)13-27-28(21)17-6-4-16(24)5-7-17/h2-11,13,25H,12H2,1H3,(H,26,29)(H,30,31). The maximum Gasteiger partial charge on any atom is 0.335 e. The fraction of sp³-hybridized carbons (Fsp3) is 0.0870. The van der Waals surface area contributed by atoms with Gasteiger partial charge in [-0.3, -0.25) is 4.79 Å². The monoisotopic (exact) mass is 482 g/mol. The number of carbonyl (C=O) groups is 2. The van der Waals surface area contributed by atoms with Crippen LogP contribution < -0.4 is 10.0 Å². The van der Waals surface area contributed by atoms with Crippen LogP contribution in [-0.2, 0) is 16.6 Å². The molecular weight excluding hydrogens is 463 g/mol. The first-order valence-corrected chi connectivity index (χ1v) is 11.5. The fourth-order valence-electron chi connectivity index (χ4n) is 3.41. The number of carbonyl (C=O) groups excluding carboxylic acids is 1. The number of amides is 1. The summed E-state index contributed by atoms with van der Waals surface area (Å²) in [5.74, 6) is -2.18. The molecule has 1 heterocycles. The lowest BCUT2D eigenvalue weighted by Crippen LogP contribution is -2.23. The van der Waals surface area contributed by atoms with Crippen molar-refractivity contribution in [1.29, 1.82) is 0 Å². The van der Waals surface area contributed by atoms with E-state index >= 15 is 0 Å². The van der Waals surface area contributed by atoms with E-state index in [1.165, 1.54) is 66.5 Å². The van der Waals surface area contributed by atoms with Gasteiger partial charge in [0.1, 0.15) is 5.82 Å². The van der Waals surface area contributed by atoms with Crippen molar-refractivity contribution in [1.82, 2.24) is 19.8 Å². The number of aromatic carboxylic acids is 1. The second kappa shape index (κ2) is 9.04.